The lowest BCUT2D eigenvalue weighted by molar-refractivity contribution is -0.135. The molecule has 1 amide bonds. The lowest BCUT2D eigenvalue weighted by atomic mass is 9.97. The zero-order chi connectivity index (χ0) is 12.3. The van der Waals surface area contributed by atoms with Gasteiger partial charge >= 0.3 is 0 Å². The molecular weight excluding hydrogens is 216 g/mol. The predicted octanol–water partition coefficient (Wildman–Crippen LogP) is 0.641. The molecule has 0 aliphatic carbocycles. The largest absolute Gasteiger partial charge is 0.341 e. The maximum Gasteiger partial charge on any atom is 0.247 e. The number of carbonyl (C=O) groups is 1. The van der Waals surface area contributed by atoms with Gasteiger partial charge in [-0.15, -0.1) is 0 Å². The first-order chi connectivity index (χ1) is 8.22. The van der Waals surface area contributed by atoms with E-state index in [1.807, 2.05) is 24.1 Å². The smallest absolute Gasteiger partial charge is 0.247 e. The number of nitrogens with zero attached hydrogens (tertiary/aromatic N) is 3. The maximum absolute atomic E-state index is 12.2. The van der Waals surface area contributed by atoms with E-state index in [-0.39, 0.29) is 11.9 Å². The number of hydrogen-bond donors (Lipinski definition) is 1. The molecule has 5 nitrogen and oxygen atoms in total. The van der Waals surface area contributed by atoms with Crippen LogP contribution in [0, 0.1) is 5.92 Å². The maximum atomic E-state index is 12.2. The standard InChI is InChI=1S/C12H20N4O/c1-10(16-6-2-5-14-16)12(17)15-7-3-11(9-13)4-8-15/h2,5-6,10-11H,3-4,7-9,13H2,1H3. The number of aromatic nitrogens is 2. The first kappa shape index (κ1) is 12.1. The minimum atomic E-state index is -0.209. The number of piperidine rings is 1. The molecule has 17 heavy (non-hydrogen) atoms. The van der Waals surface area contributed by atoms with Gasteiger partial charge in [-0.3, -0.25) is 9.48 Å². The Hall–Kier alpha value is -1.36. The number of amides is 1. The van der Waals surface area contributed by atoms with Crippen molar-refractivity contribution >= 4 is 5.91 Å². The van der Waals surface area contributed by atoms with Crippen LogP contribution < -0.4 is 5.73 Å². The van der Waals surface area contributed by atoms with Crippen molar-refractivity contribution in [2.45, 2.75) is 25.8 Å². The van der Waals surface area contributed by atoms with Crippen molar-refractivity contribution in [1.29, 1.82) is 0 Å². The Morgan fingerprint density at radius 1 is 1.53 bits per heavy atom. The molecule has 94 valence electrons. The van der Waals surface area contributed by atoms with Gasteiger partial charge in [0, 0.05) is 25.5 Å². The van der Waals surface area contributed by atoms with Crippen LogP contribution in [0.15, 0.2) is 18.5 Å². The molecule has 1 aliphatic heterocycles. The Kier molecular flexibility index (Phi) is 3.78. The fraction of sp³-hybridized carbons (Fsp3) is 0.667. The summed E-state index contributed by atoms with van der Waals surface area (Å²) < 4.78 is 1.71. The van der Waals surface area contributed by atoms with Gasteiger partial charge in [-0.1, -0.05) is 0 Å². The van der Waals surface area contributed by atoms with E-state index in [2.05, 4.69) is 5.10 Å². The average Bonchev–Trinajstić information content (AvgIpc) is 2.91. The van der Waals surface area contributed by atoms with Crippen LogP contribution in [0.5, 0.6) is 0 Å². The van der Waals surface area contributed by atoms with Gasteiger partial charge in [-0.05, 0) is 38.3 Å². The van der Waals surface area contributed by atoms with E-state index in [0.717, 1.165) is 32.5 Å². The molecule has 1 aromatic heterocycles. The molecule has 0 radical (unpaired) electrons. The molecule has 5 heteroatoms. The monoisotopic (exact) mass is 236 g/mol. The van der Waals surface area contributed by atoms with Crippen LogP contribution in [-0.2, 0) is 4.79 Å². The van der Waals surface area contributed by atoms with Gasteiger partial charge < -0.3 is 10.6 Å². The first-order valence-electron chi connectivity index (χ1n) is 6.20. The molecule has 2 N–H and O–H groups in total. The van der Waals surface area contributed by atoms with Gasteiger partial charge in [0.15, 0.2) is 0 Å². The van der Waals surface area contributed by atoms with Crippen molar-refractivity contribution in [1.82, 2.24) is 14.7 Å². The van der Waals surface area contributed by atoms with E-state index in [1.165, 1.54) is 0 Å². The predicted molar refractivity (Wildman–Crippen MR) is 65.3 cm³/mol. The number of rotatable bonds is 3. The summed E-state index contributed by atoms with van der Waals surface area (Å²) in [5, 5.41) is 4.11. The number of carbonyl (C=O) groups excluding carboxylic acids is 1. The van der Waals surface area contributed by atoms with Crippen molar-refractivity contribution in [3.63, 3.8) is 0 Å². The summed E-state index contributed by atoms with van der Waals surface area (Å²) >= 11 is 0. The van der Waals surface area contributed by atoms with Gasteiger partial charge in [0.1, 0.15) is 6.04 Å². The highest BCUT2D eigenvalue weighted by Crippen LogP contribution is 2.18. The van der Waals surface area contributed by atoms with E-state index >= 15 is 0 Å². The summed E-state index contributed by atoms with van der Waals surface area (Å²) in [6, 6.07) is 1.63. The quantitative estimate of drug-likeness (QED) is 0.837. The van der Waals surface area contributed by atoms with Crippen molar-refractivity contribution in [2.75, 3.05) is 19.6 Å². The van der Waals surface area contributed by atoms with Crippen LogP contribution in [0.1, 0.15) is 25.8 Å². The van der Waals surface area contributed by atoms with Crippen LogP contribution in [0.25, 0.3) is 0 Å². The first-order valence-corrected chi connectivity index (χ1v) is 6.20. The molecule has 1 aromatic rings. The Balaban J connectivity index is 1.93. The number of nitrogens with two attached hydrogens (primary N) is 1. The molecule has 1 fully saturated rings. The van der Waals surface area contributed by atoms with Crippen LogP contribution in [0.2, 0.25) is 0 Å². The molecule has 1 aliphatic rings. The molecule has 0 aromatic carbocycles. The van der Waals surface area contributed by atoms with Crippen LogP contribution in [0.3, 0.4) is 0 Å². The third-order valence-electron chi connectivity index (χ3n) is 3.54. The summed E-state index contributed by atoms with van der Waals surface area (Å²) in [6.07, 6.45) is 5.57. The third kappa shape index (κ3) is 2.66. The molecule has 1 saturated heterocycles. The second-order valence-electron chi connectivity index (χ2n) is 4.67. The molecule has 1 atom stereocenters. The molecular formula is C12H20N4O. The topological polar surface area (TPSA) is 64.2 Å². The number of hydrogen-bond acceptors (Lipinski definition) is 3. The molecule has 2 rings (SSSR count). The Morgan fingerprint density at radius 2 is 2.24 bits per heavy atom. The molecule has 2 heterocycles. The van der Waals surface area contributed by atoms with Gasteiger partial charge in [0.2, 0.25) is 5.91 Å². The highest BCUT2D eigenvalue weighted by atomic mass is 16.2. The summed E-state index contributed by atoms with van der Waals surface area (Å²) in [7, 11) is 0. The van der Waals surface area contributed by atoms with E-state index < -0.39 is 0 Å². The summed E-state index contributed by atoms with van der Waals surface area (Å²) in [5.41, 5.74) is 5.64. The van der Waals surface area contributed by atoms with Gasteiger partial charge in [0.05, 0.1) is 0 Å². The highest BCUT2D eigenvalue weighted by Gasteiger charge is 2.26. The Labute approximate surface area is 102 Å². The minimum Gasteiger partial charge on any atom is -0.341 e. The van der Waals surface area contributed by atoms with Crippen molar-refractivity contribution in [3.05, 3.63) is 18.5 Å². The molecule has 0 saturated carbocycles. The lowest BCUT2D eigenvalue weighted by Gasteiger charge is -2.33. The van der Waals surface area contributed by atoms with Crippen LogP contribution in [0.4, 0.5) is 0 Å². The lowest BCUT2D eigenvalue weighted by Crippen LogP contribution is -2.43. The zero-order valence-electron chi connectivity index (χ0n) is 10.2. The summed E-state index contributed by atoms with van der Waals surface area (Å²) in [4.78, 5) is 14.2. The zero-order valence-corrected chi connectivity index (χ0v) is 10.2. The van der Waals surface area contributed by atoms with Gasteiger partial charge in [0.25, 0.3) is 0 Å². The van der Waals surface area contributed by atoms with Gasteiger partial charge in [-0.25, -0.2) is 0 Å². The third-order valence-corrected chi connectivity index (χ3v) is 3.54. The van der Waals surface area contributed by atoms with Crippen LogP contribution in [-0.4, -0.2) is 40.2 Å². The average molecular weight is 236 g/mol. The number of likely N-dealkylation sites (tertiary alicyclic amines) is 1. The molecule has 0 spiro atoms. The molecule has 1 unspecified atom stereocenters. The summed E-state index contributed by atoms with van der Waals surface area (Å²) in [5.74, 6) is 0.739. The second-order valence-corrected chi connectivity index (χ2v) is 4.67. The van der Waals surface area contributed by atoms with Gasteiger partial charge in [-0.2, -0.15) is 5.10 Å². The minimum absolute atomic E-state index is 0.157. The highest BCUT2D eigenvalue weighted by molar-refractivity contribution is 5.80. The Bertz CT molecular complexity index is 355. The van der Waals surface area contributed by atoms with E-state index in [4.69, 9.17) is 5.73 Å². The fourth-order valence-electron chi connectivity index (χ4n) is 2.28. The SMILES string of the molecule is CC(C(=O)N1CCC(CN)CC1)n1cccn1. The Morgan fingerprint density at radius 3 is 2.76 bits per heavy atom. The molecule has 0 bridgehead atoms. The second kappa shape index (κ2) is 5.31. The summed E-state index contributed by atoms with van der Waals surface area (Å²) in [6.45, 7) is 4.28. The van der Waals surface area contributed by atoms with Crippen molar-refractivity contribution in [2.24, 2.45) is 11.7 Å². The van der Waals surface area contributed by atoms with Crippen LogP contribution >= 0.6 is 0 Å². The van der Waals surface area contributed by atoms with E-state index in [1.54, 1.807) is 10.9 Å². The van der Waals surface area contributed by atoms with E-state index in [9.17, 15) is 4.79 Å². The van der Waals surface area contributed by atoms with Crippen molar-refractivity contribution in [3.8, 4) is 0 Å². The normalized spacial score (nSPS) is 19.3. The van der Waals surface area contributed by atoms with Crippen molar-refractivity contribution < 1.29 is 4.79 Å². The fourth-order valence-corrected chi connectivity index (χ4v) is 2.28. The van der Waals surface area contributed by atoms with E-state index in [0.29, 0.717) is 5.92 Å².